The van der Waals surface area contributed by atoms with Crippen LogP contribution in [-0.2, 0) is 0 Å². The Morgan fingerprint density at radius 1 is 0.862 bits per heavy atom. The van der Waals surface area contributed by atoms with Crippen LogP contribution < -0.4 is 16.2 Å². The molecule has 0 saturated carbocycles. The lowest BCUT2D eigenvalue weighted by Crippen LogP contribution is -2.24. The topological polar surface area (TPSA) is 103 Å². The summed E-state index contributed by atoms with van der Waals surface area (Å²) in [6.45, 7) is 0.989. The van der Waals surface area contributed by atoms with Gasteiger partial charge in [-0.15, -0.1) is 0 Å². The molecule has 2 heterocycles. The Labute approximate surface area is 170 Å². The van der Waals surface area contributed by atoms with E-state index in [0.717, 1.165) is 5.69 Å². The summed E-state index contributed by atoms with van der Waals surface area (Å²) in [4.78, 5) is 12.5. The molecule has 0 aliphatic carbocycles. The molecule has 4 rings (SSSR count). The molecule has 10 heteroatoms. The number of nitrogens with one attached hydrogen (secondary N) is 2. The second kappa shape index (κ2) is 8.53. The van der Waals surface area contributed by atoms with Crippen LogP contribution in [0.25, 0.3) is 11.4 Å². The second-order valence-corrected chi connectivity index (χ2v) is 6.41. The van der Waals surface area contributed by atoms with Crippen molar-refractivity contribution in [3.63, 3.8) is 0 Å². The number of hydrogen-bond acceptors (Lipinski definition) is 7. The van der Waals surface area contributed by atoms with Gasteiger partial charge in [0.1, 0.15) is 5.02 Å². The summed E-state index contributed by atoms with van der Waals surface area (Å²) in [5, 5.41) is 22.2. The third-order valence-corrected chi connectivity index (χ3v) is 4.48. The van der Waals surface area contributed by atoms with Gasteiger partial charge in [0.25, 0.3) is 5.56 Å². The molecule has 9 nitrogen and oxygen atoms in total. The highest BCUT2D eigenvalue weighted by atomic mass is 35.5. The molecule has 0 aliphatic heterocycles. The first kappa shape index (κ1) is 18.6. The number of aromatic nitrogens is 6. The fourth-order valence-corrected chi connectivity index (χ4v) is 2.92. The lowest BCUT2D eigenvalue weighted by atomic mass is 10.3. The molecule has 2 aromatic heterocycles. The Kier molecular flexibility index (Phi) is 5.48. The monoisotopic (exact) mass is 408 g/mol. The SMILES string of the molecule is O=c1c(Cl)c(NCCNc2nnnn2-c2ccccc2)cnn1-c1ccccc1. The molecule has 4 aromatic rings. The van der Waals surface area contributed by atoms with Crippen LogP contribution in [0.2, 0.25) is 5.02 Å². The zero-order chi connectivity index (χ0) is 20.1. The summed E-state index contributed by atoms with van der Waals surface area (Å²) in [6.07, 6.45) is 1.53. The number of anilines is 2. The van der Waals surface area contributed by atoms with E-state index in [9.17, 15) is 4.79 Å². The summed E-state index contributed by atoms with van der Waals surface area (Å²) in [7, 11) is 0. The fraction of sp³-hybridized carbons (Fsp3) is 0.105. The van der Waals surface area contributed by atoms with Gasteiger partial charge in [-0.25, -0.2) is 0 Å². The van der Waals surface area contributed by atoms with Crippen LogP contribution in [0.4, 0.5) is 11.6 Å². The Bertz CT molecular complexity index is 1140. The highest BCUT2D eigenvalue weighted by Gasteiger charge is 2.11. The van der Waals surface area contributed by atoms with Crippen LogP contribution >= 0.6 is 11.6 Å². The van der Waals surface area contributed by atoms with Gasteiger partial charge >= 0.3 is 0 Å². The predicted molar refractivity (Wildman–Crippen MR) is 111 cm³/mol. The number of halogens is 1. The second-order valence-electron chi connectivity index (χ2n) is 6.03. The summed E-state index contributed by atoms with van der Waals surface area (Å²) in [6, 6.07) is 18.7. The molecule has 0 unspecified atom stereocenters. The minimum Gasteiger partial charge on any atom is -0.381 e. The first-order valence-electron chi connectivity index (χ1n) is 8.89. The Morgan fingerprint density at radius 3 is 2.17 bits per heavy atom. The number of benzene rings is 2. The normalized spacial score (nSPS) is 10.7. The summed E-state index contributed by atoms with van der Waals surface area (Å²) in [5.74, 6) is 0.515. The van der Waals surface area contributed by atoms with Crippen molar-refractivity contribution in [1.82, 2.24) is 30.0 Å². The first-order chi connectivity index (χ1) is 14.2. The van der Waals surface area contributed by atoms with Gasteiger partial charge in [0.15, 0.2) is 0 Å². The smallest absolute Gasteiger partial charge is 0.292 e. The van der Waals surface area contributed by atoms with Crippen molar-refractivity contribution in [1.29, 1.82) is 0 Å². The zero-order valence-electron chi connectivity index (χ0n) is 15.2. The number of rotatable bonds is 7. The summed E-state index contributed by atoms with van der Waals surface area (Å²) < 4.78 is 2.87. The number of nitrogens with zero attached hydrogens (tertiary/aromatic N) is 6. The minimum absolute atomic E-state index is 0.0815. The van der Waals surface area contributed by atoms with E-state index in [1.165, 1.54) is 10.9 Å². The number of tetrazole rings is 1. The molecule has 0 saturated heterocycles. The van der Waals surface area contributed by atoms with Crippen molar-refractivity contribution in [2.75, 3.05) is 23.7 Å². The van der Waals surface area contributed by atoms with Crippen molar-refractivity contribution in [3.8, 4) is 11.4 Å². The average molecular weight is 409 g/mol. The van der Waals surface area contributed by atoms with E-state index in [-0.39, 0.29) is 10.6 Å². The maximum absolute atomic E-state index is 12.5. The highest BCUT2D eigenvalue weighted by Crippen LogP contribution is 2.16. The van der Waals surface area contributed by atoms with E-state index < -0.39 is 0 Å². The minimum atomic E-state index is -0.385. The van der Waals surface area contributed by atoms with Gasteiger partial charge in [-0.3, -0.25) is 4.79 Å². The van der Waals surface area contributed by atoms with Crippen molar-refractivity contribution >= 4 is 23.2 Å². The molecule has 0 bridgehead atoms. The van der Waals surface area contributed by atoms with E-state index in [2.05, 4.69) is 31.3 Å². The van der Waals surface area contributed by atoms with Crippen molar-refractivity contribution in [2.45, 2.75) is 0 Å². The summed E-state index contributed by atoms with van der Waals surface area (Å²) in [5.41, 5.74) is 1.59. The maximum atomic E-state index is 12.5. The molecular formula is C19H17ClN8O. The fourth-order valence-electron chi connectivity index (χ4n) is 2.72. The van der Waals surface area contributed by atoms with Gasteiger partial charge in [-0.2, -0.15) is 14.5 Å². The van der Waals surface area contributed by atoms with Gasteiger partial charge in [0, 0.05) is 13.1 Å². The number of hydrogen-bond donors (Lipinski definition) is 2. The summed E-state index contributed by atoms with van der Waals surface area (Å²) >= 11 is 6.24. The predicted octanol–water partition coefficient (Wildman–Crippen LogP) is 2.39. The maximum Gasteiger partial charge on any atom is 0.292 e. The van der Waals surface area contributed by atoms with E-state index in [1.807, 2.05) is 48.5 Å². The van der Waals surface area contributed by atoms with E-state index >= 15 is 0 Å². The molecule has 0 spiro atoms. The lowest BCUT2D eigenvalue weighted by molar-refractivity contribution is 0.789. The quantitative estimate of drug-likeness (QED) is 0.452. The Hall–Kier alpha value is -3.72. The van der Waals surface area contributed by atoms with Crippen LogP contribution in [0, 0.1) is 0 Å². The molecule has 0 atom stereocenters. The van der Waals surface area contributed by atoms with Crippen molar-refractivity contribution < 1.29 is 0 Å². The largest absolute Gasteiger partial charge is 0.381 e. The van der Waals surface area contributed by atoms with Crippen LogP contribution in [0.5, 0.6) is 0 Å². The van der Waals surface area contributed by atoms with Gasteiger partial charge in [-0.05, 0) is 34.7 Å². The van der Waals surface area contributed by atoms with Crippen LogP contribution in [0.15, 0.2) is 71.7 Å². The molecule has 0 fully saturated rings. The zero-order valence-corrected chi connectivity index (χ0v) is 16.0. The molecule has 0 radical (unpaired) electrons. The Balaban J connectivity index is 1.39. The molecule has 2 aromatic carbocycles. The van der Waals surface area contributed by atoms with Crippen LogP contribution in [0.3, 0.4) is 0 Å². The molecule has 146 valence electrons. The lowest BCUT2D eigenvalue weighted by Gasteiger charge is -2.11. The average Bonchev–Trinajstić information content (AvgIpc) is 3.24. The van der Waals surface area contributed by atoms with Gasteiger partial charge in [-0.1, -0.05) is 53.1 Å². The third-order valence-electron chi connectivity index (χ3n) is 4.11. The number of para-hydroxylation sites is 2. The molecular weight excluding hydrogens is 392 g/mol. The van der Waals surface area contributed by atoms with Gasteiger partial charge in [0.05, 0.1) is 23.3 Å². The third kappa shape index (κ3) is 4.09. The highest BCUT2D eigenvalue weighted by molar-refractivity contribution is 6.32. The van der Waals surface area contributed by atoms with Crippen LogP contribution in [-0.4, -0.2) is 43.1 Å². The first-order valence-corrected chi connectivity index (χ1v) is 9.26. The van der Waals surface area contributed by atoms with E-state index in [4.69, 9.17) is 11.6 Å². The van der Waals surface area contributed by atoms with Crippen LogP contribution in [0.1, 0.15) is 0 Å². The van der Waals surface area contributed by atoms with Gasteiger partial charge in [0.2, 0.25) is 5.95 Å². The van der Waals surface area contributed by atoms with Gasteiger partial charge < -0.3 is 10.6 Å². The van der Waals surface area contributed by atoms with E-state index in [1.54, 1.807) is 16.8 Å². The van der Waals surface area contributed by atoms with E-state index in [0.29, 0.717) is 30.4 Å². The Morgan fingerprint density at radius 2 is 1.48 bits per heavy atom. The standard InChI is InChI=1S/C19H17ClN8O/c20-17-16(13-23-27(18(17)29)14-7-3-1-4-8-14)21-11-12-22-19-24-25-26-28(19)15-9-5-2-6-10-15/h1-10,13,21H,11-12H2,(H,22,24,26). The van der Waals surface area contributed by atoms with Crippen molar-refractivity contribution in [2.24, 2.45) is 0 Å². The molecule has 29 heavy (non-hydrogen) atoms. The van der Waals surface area contributed by atoms with Crippen molar-refractivity contribution in [3.05, 3.63) is 82.2 Å². The molecule has 0 amide bonds. The molecule has 0 aliphatic rings. The molecule has 2 N–H and O–H groups in total.